The van der Waals surface area contributed by atoms with Gasteiger partial charge in [0.25, 0.3) is 5.92 Å². The maximum atomic E-state index is 15.1. The van der Waals surface area contributed by atoms with E-state index in [1.807, 2.05) is 12.1 Å². The molecule has 1 amide bonds. The number of fused-ring (bicyclic) bond motifs is 1. The van der Waals surface area contributed by atoms with Gasteiger partial charge in [-0.25, -0.2) is 31.3 Å². The second-order valence-corrected chi connectivity index (χ2v) is 12.9. The molecular weight excluding hydrogens is 516 g/mol. The van der Waals surface area contributed by atoms with Crippen LogP contribution < -0.4 is 4.74 Å². The average Bonchev–Trinajstić information content (AvgIpc) is 3.02. The molecule has 2 fully saturated rings. The predicted molar refractivity (Wildman–Crippen MR) is 139 cm³/mol. The van der Waals surface area contributed by atoms with Crippen LogP contribution in [0.5, 0.6) is 5.88 Å². The van der Waals surface area contributed by atoms with E-state index in [-0.39, 0.29) is 0 Å². The van der Waals surface area contributed by atoms with E-state index in [0.717, 1.165) is 11.1 Å². The molecule has 0 radical (unpaired) electrons. The molecule has 3 heterocycles. The van der Waals surface area contributed by atoms with E-state index in [1.165, 1.54) is 14.0 Å². The summed E-state index contributed by atoms with van der Waals surface area (Å²) in [6, 6.07) is 6.35. The second kappa shape index (κ2) is 9.91. The fraction of sp³-hybridized carbons (Fsp3) is 0.519. The molecule has 0 N–H and O–H groups in total. The normalized spacial score (nSPS) is 28.2. The summed E-state index contributed by atoms with van der Waals surface area (Å²) in [6.07, 6.45) is 4.60. The van der Waals surface area contributed by atoms with Gasteiger partial charge in [0.15, 0.2) is 0 Å². The number of carbonyl (C=O) groups excluding carboxylic acids is 1. The molecule has 4 rings (SSSR count). The van der Waals surface area contributed by atoms with Crippen molar-refractivity contribution < 1.29 is 31.5 Å². The lowest BCUT2D eigenvalue weighted by molar-refractivity contribution is -0.108. The maximum Gasteiger partial charge on any atom is 0.424 e. The van der Waals surface area contributed by atoms with Gasteiger partial charge in [-0.15, -0.1) is 0 Å². The third-order valence-corrected chi connectivity index (χ3v) is 9.57. The van der Waals surface area contributed by atoms with Crippen LogP contribution in [0, 0.1) is 17.8 Å². The summed E-state index contributed by atoms with van der Waals surface area (Å²) < 4.78 is 68.2. The van der Waals surface area contributed by atoms with Crippen molar-refractivity contribution >= 4 is 22.2 Å². The predicted octanol–water partition coefficient (Wildman–Crippen LogP) is 5.41. The molecule has 0 spiro atoms. The number of methoxy groups -OCH3 is 1. The Kier molecular flexibility index (Phi) is 7.28. The summed E-state index contributed by atoms with van der Waals surface area (Å²) >= 11 is 0. The Balaban J connectivity index is 1.65. The molecule has 0 bridgehead atoms. The van der Waals surface area contributed by atoms with Crippen LogP contribution in [0.1, 0.15) is 46.7 Å². The number of amides is 1. The Hall–Kier alpha value is -3.08. The van der Waals surface area contributed by atoms with Crippen molar-refractivity contribution in [2.75, 3.05) is 7.11 Å². The van der Waals surface area contributed by atoms with Crippen LogP contribution >= 0.6 is 0 Å². The highest BCUT2D eigenvalue weighted by Gasteiger charge is 2.64. The minimum Gasteiger partial charge on any atom is -0.481 e. The summed E-state index contributed by atoms with van der Waals surface area (Å²) in [5, 5.41) is -1.40. The first-order valence-electron chi connectivity index (χ1n) is 12.4. The van der Waals surface area contributed by atoms with E-state index in [2.05, 4.69) is 9.97 Å². The number of alkyl halides is 2. The number of allylic oxidation sites excluding steroid dienone is 1. The Morgan fingerprint density at radius 1 is 1.18 bits per heavy atom. The van der Waals surface area contributed by atoms with Gasteiger partial charge >= 0.3 is 6.09 Å². The highest BCUT2D eigenvalue weighted by atomic mass is 32.2. The number of rotatable bonds is 4. The van der Waals surface area contributed by atoms with Gasteiger partial charge in [0.1, 0.15) is 5.60 Å². The van der Waals surface area contributed by atoms with Gasteiger partial charge in [-0.2, -0.15) is 0 Å². The molecule has 206 valence electrons. The lowest BCUT2D eigenvalue weighted by Crippen LogP contribution is -2.49. The third kappa shape index (κ3) is 5.12. The number of sulfonamides is 1. The van der Waals surface area contributed by atoms with E-state index in [0.29, 0.717) is 15.9 Å². The molecule has 1 saturated heterocycles. The molecule has 2 aromatic heterocycles. The topological polar surface area (TPSA) is 98.7 Å². The molecule has 0 aromatic carbocycles. The first-order valence-corrected chi connectivity index (χ1v) is 14.0. The zero-order valence-electron chi connectivity index (χ0n) is 22.3. The van der Waals surface area contributed by atoms with Gasteiger partial charge in [-0.05, 0) is 57.9 Å². The van der Waals surface area contributed by atoms with Crippen molar-refractivity contribution in [3.63, 3.8) is 0 Å². The number of hydrogen-bond donors (Lipinski definition) is 0. The van der Waals surface area contributed by atoms with Gasteiger partial charge in [0.2, 0.25) is 15.9 Å². The minimum atomic E-state index is -4.35. The fourth-order valence-electron chi connectivity index (χ4n) is 5.44. The molecule has 0 unspecified atom stereocenters. The molecule has 2 aromatic rings. The monoisotopic (exact) mass is 549 g/mol. The molecule has 1 aliphatic heterocycles. The highest BCUT2D eigenvalue weighted by Crippen LogP contribution is 2.53. The van der Waals surface area contributed by atoms with Crippen LogP contribution in [0.2, 0.25) is 0 Å². The molecule has 11 heteroatoms. The zero-order valence-corrected chi connectivity index (χ0v) is 23.1. The maximum absolute atomic E-state index is 15.1. The third-order valence-electron chi connectivity index (χ3n) is 7.30. The van der Waals surface area contributed by atoms with Crippen LogP contribution in [0.3, 0.4) is 0 Å². The largest absolute Gasteiger partial charge is 0.481 e. The van der Waals surface area contributed by atoms with Gasteiger partial charge in [-0.1, -0.05) is 19.1 Å². The zero-order chi connectivity index (χ0) is 28.0. The summed E-state index contributed by atoms with van der Waals surface area (Å²) in [7, 11) is -2.82. The molecule has 1 saturated carbocycles. The number of halogens is 2. The van der Waals surface area contributed by atoms with Gasteiger partial charge < -0.3 is 9.47 Å². The minimum absolute atomic E-state index is 0.452. The van der Waals surface area contributed by atoms with Crippen molar-refractivity contribution in [2.45, 2.75) is 63.9 Å². The molecule has 2 aliphatic rings. The highest BCUT2D eigenvalue weighted by molar-refractivity contribution is 7.90. The number of hydrogen-bond acceptors (Lipinski definition) is 7. The standard InChI is InChI=1S/C27H33F2N3O5S/c1-16-20(12-11-19-10-9-18(15-31-19)21-8-7-13-30-24(21)36-6)23-17(2)32(25(33)37-26(3,4)5)38(34,35)22(23)14-27(16,28)29/h7-13,15-17,20,22-23H,14H2,1-6H3/t16-,17+,20-,22+,23-/m0/s1. The smallest absolute Gasteiger partial charge is 0.424 e. The SMILES string of the molecule is COc1ncccc1-c1ccc(C=C[C@@H]2[C@@H]3[C@@H](C)N(C(=O)OC(C)(C)C)S(=O)(=O)[C@@H]3CC(F)(F)[C@H]2C)nc1. The Morgan fingerprint density at radius 2 is 1.89 bits per heavy atom. The summed E-state index contributed by atoms with van der Waals surface area (Å²) in [5.74, 6) is -5.47. The lowest BCUT2D eigenvalue weighted by Gasteiger charge is -2.41. The fourth-order valence-corrected chi connectivity index (χ4v) is 7.82. The van der Waals surface area contributed by atoms with Crippen LogP contribution in [0.4, 0.5) is 13.6 Å². The number of carbonyl (C=O) groups is 1. The van der Waals surface area contributed by atoms with Crippen molar-refractivity contribution in [1.29, 1.82) is 0 Å². The van der Waals surface area contributed by atoms with E-state index >= 15 is 8.78 Å². The number of nitrogens with zero attached hydrogens (tertiary/aromatic N) is 3. The molecular formula is C27H33F2N3O5S. The van der Waals surface area contributed by atoms with Crippen LogP contribution in [0.15, 0.2) is 42.7 Å². The first kappa shape index (κ1) is 27.9. The summed E-state index contributed by atoms with van der Waals surface area (Å²) in [4.78, 5) is 21.5. The van der Waals surface area contributed by atoms with Crippen molar-refractivity contribution in [3.8, 4) is 17.0 Å². The van der Waals surface area contributed by atoms with Gasteiger partial charge in [0.05, 0.1) is 24.1 Å². The van der Waals surface area contributed by atoms with Gasteiger partial charge in [-0.3, -0.25) is 4.98 Å². The Labute approximate surface area is 222 Å². The molecule has 5 atom stereocenters. The first-order chi connectivity index (χ1) is 17.7. The van der Waals surface area contributed by atoms with Crippen molar-refractivity contribution in [1.82, 2.24) is 14.3 Å². The molecule has 8 nitrogen and oxygen atoms in total. The quantitative estimate of drug-likeness (QED) is 0.503. The lowest BCUT2D eigenvalue weighted by atomic mass is 9.68. The summed E-state index contributed by atoms with van der Waals surface area (Å²) in [6.45, 7) is 7.87. The van der Waals surface area contributed by atoms with E-state index in [9.17, 15) is 13.2 Å². The van der Waals surface area contributed by atoms with E-state index < -0.39 is 63.1 Å². The van der Waals surface area contributed by atoms with Crippen LogP contribution in [0.25, 0.3) is 17.2 Å². The second-order valence-electron chi connectivity index (χ2n) is 10.9. The van der Waals surface area contributed by atoms with Crippen molar-refractivity contribution in [2.24, 2.45) is 17.8 Å². The molecule has 1 aliphatic carbocycles. The van der Waals surface area contributed by atoms with E-state index in [1.54, 1.807) is 64.4 Å². The average molecular weight is 550 g/mol. The van der Waals surface area contributed by atoms with Crippen LogP contribution in [-0.4, -0.2) is 58.7 Å². The van der Waals surface area contributed by atoms with Crippen molar-refractivity contribution in [3.05, 3.63) is 48.4 Å². The van der Waals surface area contributed by atoms with Crippen LogP contribution in [-0.2, 0) is 14.8 Å². The number of pyridine rings is 2. The van der Waals surface area contributed by atoms with Gasteiger partial charge in [0, 0.05) is 41.8 Å². The number of ether oxygens (including phenoxy) is 2. The molecule has 38 heavy (non-hydrogen) atoms. The summed E-state index contributed by atoms with van der Waals surface area (Å²) in [5.41, 5.74) is 1.11. The van der Waals surface area contributed by atoms with E-state index in [4.69, 9.17) is 9.47 Å². The Morgan fingerprint density at radius 3 is 2.50 bits per heavy atom. The Bertz CT molecular complexity index is 1320. The number of aromatic nitrogens is 2.